The highest BCUT2D eigenvalue weighted by atomic mass is 19.4. The summed E-state index contributed by atoms with van der Waals surface area (Å²) in [5.41, 5.74) is -1.46. The zero-order valence-corrected chi connectivity index (χ0v) is 22.8. The minimum atomic E-state index is -6.26. The molecule has 0 spiro atoms. The number of rotatable bonds is 7. The minimum absolute atomic E-state index is 0.0991. The molecule has 4 aliphatic rings. The molecule has 4 amide bonds. The summed E-state index contributed by atoms with van der Waals surface area (Å²) >= 11 is 0. The van der Waals surface area contributed by atoms with Crippen LogP contribution in [0.15, 0.2) is 12.2 Å². The lowest BCUT2D eigenvalue weighted by atomic mass is 9.81. The Bertz CT molecular complexity index is 1220. The van der Waals surface area contributed by atoms with Crippen LogP contribution in [0.1, 0.15) is 33.6 Å². The summed E-state index contributed by atoms with van der Waals surface area (Å²) in [6.45, 7) is 3.74. The van der Waals surface area contributed by atoms with Crippen LogP contribution in [-0.2, 0) is 19.2 Å². The predicted molar refractivity (Wildman–Crippen MR) is 129 cm³/mol. The summed E-state index contributed by atoms with van der Waals surface area (Å²) < 4.78 is 96.3. The fourth-order valence-electron chi connectivity index (χ4n) is 6.52. The summed E-state index contributed by atoms with van der Waals surface area (Å²) in [4.78, 5) is 52.3. The van der Waals surface area contributed by atoms with E-state index in [0.29, 0.717) is 13.0 Å². The highest BCUT2D eigenvalue weighted by Gasteiger charge is 2.70. The average molecular weight is 610 g/mol. The second-order valence-corrected chi connectivity index (χ2v) is 12.3. The van der Waals surface area contributed by atoms with Gasteiger partial charge in [-0.2, -0.15) is 27.2 Å². The number of alkyl halides is 7. The van der Waals surface area contributed by atoms with Gasteiger partial charge in [0, 0.05) is 36.8 Å². The molecule has 9 nitrogen and oxygen atoms in total. The van der Waals surface area contributed by atoms with E-state index in [1.54, 1.807) is 0 Å². The Labute approximate surface area is 236 Å². The zero-order valence-electron chi connectivity index (χ0n) is 22.8. The van der Waals surface area contributed by atoms with Crippen molar-refractivity contribution in [3.63, 3.8) is 0 Å². The maximum absolute atomic E-state index is 15.0. The standard InChI is InChI=1S/C26H30F7N5O4/c1-23(2,3)18(37-22(42)25(29,30)26(31,32)33)21(41)38-10-13-14-4-5-15(24(14,27)28)16(13)17(38)20(40)36-12(9-34)8-11-6-7-35-19(11)39/h4-5,11-18H,6-8,10H2,1-3H3,(H,35,39)(H,36,40)(H,37,42). The van der Waals surface area contributed by atoms with Gasteiger partial charge in [-0.25, -0.2) is 8.78 Å². The molecule has 8 atom stereocenters. The van der Waals surface area contributed by atoms with Crippen molar-refractivity contribution in [1.82, 2.24) is 20.9 Å². The third-order valence-corrected chi connectivity index (χ3v) is 8.63. The molecule has 0 radical (unpaired) electrons. The highest BCUT2D eigenvalue weighted by Crippen LogP contribution is 2.61. The number of nitriles is 1. The number of likely N-dealkylation sites (tertiary alicyclic amines) is 1. The minimum Gasteiger partial charge on any atom is -0.356 e. The van der Waals surface area contributed by atoms with Crippen LogP contribution in [0.25, 0.3) is 0 Å². The van der Waals surface area contributed by atoms with Gasteiger partial charge in [-0.3, -0.25) is 19.2 Å². The number of allylic oxidation sites excluding steroid dienone is 2. The van der Waals surface area contributed by atoms with Crippen LogP contribution >= 0.6 is 0 Å². The van der Waals surface area contributed by atoms with Crippen molar-refractivity contribution >= 4 is 23.6 Å². The quantitative estimate of drug-likeness (QED) is 0.301. The molecule has 2 saturated heterocycles. The molecule has 2 bridgehead atoms. The lowest BCUT2D eigenvalue weighted by Crippen LogP contribution is -2.62. The molecule has 3 fully saturated rings. The van der Waals surface area contributed by atoms with Gasteiger partial charge in [-0.1, -0.05) is 32.9 Å². The first kappa shape index (κ1) is 31.6. The molecule has 16 heteroatoms. The van der Waals surface area contributed by atoms with E-state index in [1.165, 1.54) is 38.2 Å². The topological polar surface area (TPSA) is 131 Å². The van der Waals surface area contributed by atoms with Gasteiger partial charge in [0.05, 0.1) is 6.07 Å². The van der Waals surface area contributed by atoms with E-state index in [4.69, 9.17) is 0 Å². The van der Waals surface area contributed by atoms with E-state index in [1.807, 2.05) is 6.07 Å². The molecule has 232 valence electrons. The molecule has 2 heterocycles. The Morgan fingerprint density at radius 2 is 1.74 bits per heavy atom. The van der Waals surface area contributed by atoms with E-state index >= 15 is 8.78 Å². The van der Waals surface area contributed by atoms with E-state index in [2.05, 4.69) is 10.6 Å². The van der Waals surface area contributed by atoms with Gasteiger partial charge in [-0.05, 0) is 24.2 Å². The normalized spacial score (nSPS) is 31.3. The van der Waals surface area contributed by atoms with Crippen LogP contribution in [0.2, 0.25) is 0 Å². The second kappa shape index (κ2) is 10.4. The van der Waals surface area contributed by atoms with Gasteiger partial charge in [0.25, 0.3) is 5.92 Å². The van der Waals surface area contributed by atoms with Crippen LogP contribution in [-0.4, -0.2) is 77.8 Å². The number of nitrogens with one attached hydrogen (secondary N) is 3. The van der Waals surface area contributed by atoms with E-state index in [-0.39, 0.29) is 12.3 Å². The second-order valence-electron chi connectivity index (χ2n) is 12.3. The molecule has 0 aromatic carbocycles. The maximum Gasteiger partial charge on any atom is 0.463 e. The Morgan fingerprint density at radius 1 is 1.12 bits per heavy atom. The fourth-order valence-corrected chi connectivity index (χ4v) is 6.52. The molecule has 1 saturated carbocycles. The number of carbonyl (C=O) groups excluding carboxylic acids is 4. The first-order valence-electron chi connectivity index (χ1n) is 13.3. The van der Waals surface area contributed by atoms with Crippen LogP contribution in [0.4, 0.5) is 30.7 Å². The lowest BCUT2D eigenvalue weighted by molar-refractivity contribution is -0.270. The molecular weight excluding hydrogens is 579 g/mol. The summed E-state index contributed by atoms with van der Waals surface area (Å²) in [5.74, 6) is -20.0. The Balaban J connectivity index is 1.64. The number of hydrogen-bond acceptors (Lipinski definition) is 5. The molecular formula is C26H30F7N5O4. The van der Waals surface area contributed by atoms with Crippen molar-refractivity contribution in [3.8, 4) is 6.07 Å². The van der Waals surface area contributed by atoms with Gasteiger partial charge < -0.3 is 20.9 Å². The summed E-state index contributed by atoms with van der Waals surface area (Å²) in [7, 11) is 0. The van der Waals surface area contributed by atoms with Crippen molar-refractivity contribution in [2.75, 3.05) is 13.1 Å². The van der Waals surface area contributed by atoms with Crippen molar-refractivity contribution in [2.45, 2.75) is 69.8 Å². The monoisotopic (exact) mass is 609 g/mol. The Kier molecular flexibility index (Phi) is 7.82. The maximum atomic E-state index is 15.0. The number of carbonyl (C=O) groups is 4. The zero-order chi connectivity index (χ0) is 31.6. The van der Waals surface area contributed by atoms with Gasteiger partial charge >= 0.3 is 18.0 Å². The SMILES string of the molecule is CC(C)(C)C(NC(=O)C(F)(F)C(F)(F)F)C(=O)N1CC2C(C1C(=O)NC(C#N)CC1CCNC1=O)C1C=CC2C1(F)F. The first-order valence-corrected chi connectivity index (χ1v) is 13.3. The Hall–Kier alpha value is -3.38. The molecule has 0 aromatic heterocycles. The fraction of sp³-hybridized carbons (Fsp3) is 0.731. The van der Waals surface area contributed by atoms with Crippen LogP contribution in [0, 0.1) is 46.3 Å². The number of fused-ring (bicyclic) bond motifs is 5. The molecule has 3 N–H and O–H groups in total. The summed E-state index contributed by atoms with van der Waals surface area (Å²) in [5, 5.41) is 16.1. The van der Waals surface area contributed by atoms with Gasteiger partial charge in [0.1, 0.15) is 18.1 Å². The van der Waals surface area contributed by atoms with E-state index < -0.39 is 95.4 Å². The van der Waals surface area contributed by atoms with Gasteiger partial charge in [0.15, 0.2) is 0 Å². The lowest BCUT2D eigenvalue weighted by Gasteiger charge is -2.38. The molecule has 0 aromatic rings. The molecule has 2 aliphatic heterocycles. The number of amides is 4. The van der Waals surface area contributed by atoms with E-state index in [0.717, 1.165) is 4.90 Å². The van der Waals surface area contributed by atoms with Crippen molar-refractivity contribution in [1.29, 1.82) is 5.26 Å². The molecule has 42 heavy (non-hydrogen) atoms. The molecule has 4 rings (SSSR count). The van der Waals surface area contributed by atoms with Crippen LogP contribution in [0.3, 0.4) is 0 Å². The molecule has 2 aliphatic carbocycles. The number of halogens is 7. The van der Waals surface area contributed by atoms with Crippen LogP contribution < -0.4 is 16.0 Å². The third-order valence-electron chi connectivity index (χ3n) is 8.63. The van der Waals surface area contributed by atoms with Crippen molar-refractivity contribution < 1.29 is 49.9 Å². The highest BCUT2D eigenvalue weighted by molar-refractivity contribution is 5.95. The average Bonchev–Trinajstić information content (AvgIpc) is 3.59. The largest absolute Gasteiger partial charge is 0.463 e. The third kappa shape index (κ3) is 5.19. The van der Waals surface area contributed by atoms with Crippen molar-refractivity contribution in [3.05, 3.63) is 12.2 Å². The Morgan fingerprint density at radius 3 is 2.26 bits per heavy atom. The predicted octanol–water partition coefficient (Wildman–Crippen LogP) is 2.14. The van der Waals surface area contributed by atoms with Crippen molar-refractivity contribution in [2.24, 2.45) is 35.0 Å². The van der Waals surface area contributed by atoms with E-state index in [9.17, 15) is 46.4 Å². The first-order chi connectivity index (χ1) is 19.2. The van der Waals surface area contributed by atoms with Gasteiger partial charge in [-0.15, -0.1) is 0 Å². The summed E-state index contributed by atoms with van der Waals surface area (Å²) in [6, 6.07) is -3.08. The number of nitrogens with zero attached hydrogens (tertiary/aromatic N) is 2. The number of hydrogen-bond donors (Lipinski definition) is 3. The smallest absolute Gasteiger partial charge is 0.356 e. The van der Waals surface area contributed by atoms with Gasteiger partial charge in [0.2, 0.25) is 17.7 Å². The summed E-state index contributed by atoms with van der Waals surface area (Å²) in [6.07, 6.45) is -3.48. The van der Waals surface area contributed by atoms with Crippen LogP contribution in [0.5, 0.6) is 0 Å². The molecule has 8 unspecified atom stereocenters.